The first kappa shape index (κ1) is 13.1. The number of ether oxygens (including phenoxy) is 1. The Kier molecular flexibility index (Phi) is 3.65. The van der Waals surface area contributed by atoms with E-state index in [9.17, 15) is 4.39 Å². The molecule has 3 rings (SSSR count). The van der Waals surface area contributed by atoms with Crippen LogP contribution in [0.15, 0.2) is 59.2 Å². The normalized spacial score (nSPS) is 10.7. The van der Waals surface area contributed by atoms with Gasteiger partial charge in [0.15, 0.2) is 0 Å². The van der Waals surface area contributed by atoms with Crippen LogP contribution in [-0.4, -0.2) is 4.98 Å². The maximum atomic E-state index is 13.4. The number of hydrogen-bond acceptors (Lipinski definition) is 2. The van der Waals surface area contributed by atoms with Crippen molar-refractivity contribution in [2.45, 2.75) is 6.61 Å². The van der Waals surface area contributed by atoms with Crippen molar-refractivity contribution < 1.29 is 9.13 Å². The Labute approximate surface area is 124 Å². The molecule has 0 unspecified atom stereocenters. The molecule has 100 valence electrons. The summed E-state index contributed by atoms with van der Waals surface area (Å²) in [5.74, 6) is 0.456. The minimum atomic E-state index is -0.286. The first-order valence-electron chi connectivity index (χ1n) is 6.15. The SMILES string of the molecule is Fc1cccc(COc2cccc3ncccc23)c1Br. The Morgan fingerprint density at radius 2 is 1.90 bits per heavy atom. The molecule has 0 atom stereocenters. The van der Waals surface area contributed by atoms with Gasteiger partial charge in [0.05, 0.1) is 9.99 Å². The second-order valence-corrected chi connectivity index (χ2v) is 5.12. The molecule has 0 bridgehead atoms. The molecule has 0 aliphatic heterocycles. The van der Waals surface area contributed by atoms with Crippen LogP contribution in [0.2, 0.25) is 0 Å². The fourth-order valence-corrected chi connectivity index (χ4v) is 2.40. The van der Waals surface area contributed by atoms with Crippen molar-refractivity contribution in [1.29, 1.82) is 0 Å². The van der Waals surface area contributed by atoms with Crippen LogP contribution >= 0.6 is 15.9 Å². The van der Waals surface area contributed by atoms with Crippen molar-refractivity contribution in [3.63, 3.8) is 0 Å². The number of rotatable bonds is 3. The van der Waals surface area contributed by atoms with Crippen molar-refractivity contribution in [2.75, 3.05) is 0 Å². The molecule has 0 saturated carbocycles. The molecule has 0 N–H and O–H groups in total. The number of nitrogens with zero attached hydrogens (tertiary/aromatic N) is 1. The summed E-state index contributed by atoms with van der Waals surface area (Å²) in [4.78, 5) is 4.28. The number of hydrogen-bond donors (Lipinski definition) is 0. The van der Waals surface area contributed by atoms with Crippen LogP contribution in [0.4, 0.5) is 4.39 Å². The maximum absolute atomic E-state index is 13.4. The van der Waals surface area contributed by atoms with Crippen LogP contribution in [0.1, 0.15) is 5.56 Å². The summed E-state index contributed by atoms with van der Waals surface area (Å²) in [6.45, 7) is 0.298. The third kappa shape index (κ3) is 2.51. The third-order valence-corrected chi connectivity index (χ3v) is 3.91. The third-order valence-electron chi connectivity index (χ3n) is 3.02. The Hall–Kier alpha value is -1.94. The van der Waals surface area contributed by atoms with Gasteiger partial charge >= 0.3 is 0 Å². The standard InChI is InChI=1S/C16H11BrFNO/c17-16-11(4-1-6-13(16)18)10-20-15-8-2-7-14-12(15)5-3-9-19-14/h1-9H,10H2. The van der Waals surface area contributed by atoms with E-state index in [0.717, 1.165) is 22.2 Å². The Balaban J connectivity index is 1.89. The van der Waals surface area contributed by atoms with Crippen LogP contribution in [0.25, 0.3) is 10.9 Å². The Morgan fingerprint density at radius 1 is 1.05 bits per heavy atom. The van der Waals surface area contributed by atoms with Crippen molar-refractivity contribution in [3.05, 3.63) is 70.6 Å². The van der Waals surface area contributed by atoms with Gasteiger partial charge in [-0.15, -0.1) is 0 Å². The molecular formula is C16H11BrFNO. The molecule has 0 spiro atoms. The second-order valence-electron chi connectivity index (χ2n) is 4.33. The zero-order valence-electron chi connectivity index (χ0n) is 10.5. The molecule has 20 heavy (non-hydrogen) atoms. The van der Waals surface area contributed by atoms with Gasteiger partial charge in [-0.05, 0) is 46.3 Å². The van der Waals surface area contributed by atoms with E-state index in [0.29, 0.717) is 11.1 Å². The van der Waals surface area contributed by atoms with Gasteiger partial charge in [0.25, 0.3) is 0 Å². The zero-order valence-corrected chi connectivity index (χ0v) is 12.1. The van der Waals surface area contributed by atoms with Gasteiger partial charge in [-0.2, -0.15) is 0 Å². The number of aromatic nitrogens is 1. The lowest BCUT2D eigenvalue weighted by molar-refractivity contribution is 0.308. The van der Waals surface area contributed by atoms with Gasteiger partial charge in [0.1, 0.15) is 18.2 Å². The molecule has 0 aliphatic rings. The Morgan fingerprint density at radius 3 is 2.80 bits per heavy atom. The van der Waals surface area contributed by atoms with Gasteiger partial charge in [0, 0.05) is 17.1 Å². The van der Waals surface area contributed by atoms with E-state index in [4.69, 9.17) is 4.74 Å². The smallest absolute Gasteiger partial charge is 0.137 e. The summed E-state index contributed by atoms with van der Waals surface area (Å²) < 4.78 is 19.7. The molecule has 2 nitrogen and oxygen atoms in total. The van der Waals surface area contributed by atoms with Crippen LogP contribution in [0.5, 0.6) is 5.75 Å². The van der Waals surface area contributed by atoms with Crippen LogP contribution in [-0.2, 0) is 6.61 Å². The lowest BCUT2D eigenvalue weighted by Gasteiger charge is -2.10. The van der Waals surface area contributed by atoms with E-state index >= 15 is 0 Å². The van der Waals surface area contributed by atoms with Crippen molar-refractivity contribution in [1.82, 2.24) is 4.98 Å². The predicted octanol–water partition coefficient (Wildman–Crippen LogP) is 4.72. The molecule has 1 aromatic heterocycles. The summed E-state index contributed by atoms with van der Waals surface area (Å²) in [5, 5.41) is 0.947. The van der Waals surface area contributed by atoms with E-state index in [1.165, 1.54) is 6.07 Å². The van der Waals surface area contributed by atoms with Gasteiger partial charge in [-0.3, -0.25) is 4.98 Å². The first-order valence-corrected chi connectivity index (χ1v) is 6.94. The molecule has 2 aromatic carbocycles. The Bertz CT molecular complexity index is 755. The van der Waals surface area contributed by atoms with Crippen LogP contribution < -0.4 is 4.74 Å². The molecule has 1 heterocycles. The second kappa shape index (κ2) is 5.59. The molecule has 0 fully saturated rings. The van der Waals surface area contributed by atoms with E-state index in [1.54, 1.807) is 12.3 Å². The lowest BCUT2D eigenvalue weighted by atomic mass is 10.2. The predicted molar refractivity (Wildman–Crippen MR) is 80.2 cm³/mol. The summed E-state index contributed by atoms with van der Waals surface area (Å²) >= 11 is 3.24. The topological polar surface area (TPSA) is 22.1 Å². The molecule has 0 radical (unpaired) electrons. The minimum absolute atomic E-state index is 0.286. The molecule has 4 heteroatoms. The van der Waals surface area contributed by atoms with E-state index in [-0.39, 0.29) is 5.82 Å². The average Bonchev–Trinajstić information content (AvgIpc) is 2.49. The van der Waals surface area contributed by atoms with Crippen molar-refractivity contribution >= 4 is 26.8 Å². The van der Waals surface area contributed by atoms with Gasteiger partial charge < -0.3 is 4.74 Å². The summed E-state index contributed by atoms with van der Waals surface area (Å²) in [6.07, 6.45) is 1.75. The highest BCUT2D eigenvalue weighted by Gasteiger charge is 2.07. The summed E-state index contributed by atoms with van der Waals surface area (Å²) in [5.41, 5.74) is 1.65. The van der Waals surface area contributed by atoms with Crippen LogP contribution in [0, 0.1) is 5.82 Å². The highest BCUT2D eigenvalue weighted by molar-refractivity contribution is 9.10. The first-order chi connectivity index (χ1) is 9.75. The van der Waals surface area contributed by atoms with Gasteiger partial charge in [-0.25, -0.2) is 4.39 Å². The number of pyridine rings is 1. The fraction of sp³-hybridized carbons (Fsp3) is 0.0625. The van der Waals surface area contributed by atoms with E-state index in [1.807, 2.05) is 36.4 Å². The van der Waals surface area contributed by atoms with Crippen molar-refractivity contribution in [3.8, 4) is 5.75 Å². The quantitative estimate of drug-likeness (QED) is 0.693. The number of halogens is 2. The lowest BCUT2D eigenvalue weighted by Crippen LogP contribution is -1.98. The largest absolute Gasteiger partial charge is 0.488 e. The fourth-order valence-electron chi connectivity index (χ4n) is 2.02. The van der Waals surface area contributed by atoms with E-state index in [2.05, 4.69) is 20.9 Å². The highest BCUT2D eigenvalue weighted by Crippen LogP contribution is 2.26. The molecule has 0 saturated heterocycles. The minimum Gasteiger partial charge on any atom is -0.488 e. The van der Waals surface area contributed by atoms with E-state index < -0.39 is 0 Å². The van der Waals surface area contributed by atoms with Gasteiger partial charge in [-0.1, -0.05) is 18.2 Å². The van der Waals surface area contributed by atoms with Crippen molar-refractivity contribution in [2.24, 2.45) is 0 Å². The van der Waals surface area contributed by atoms with Crippen LogP contribution in [0.3, 0.4) is 0 Å². The average molecular weight is 332 g/mol. The number of benzene rings is 2. The summed E-state index contributed by atoms with van der Waals surface area (Å²) in [7, 11) is 0. The monoisotopic (exact) mass is 331 g/mol. The highest BCUT2D eigenvalue weighted by atomic mass is 79.9. The zero-order chi connectivity index (χ0) is 13.9. The van der Waals surface area contributed by atoms with Gasteiger partial charge in [0.2, 0.25) is 0 Å². The number of fused-ring (bicyclic) bond motifs is 1. The molecule has 0 aliphatic carbocycles. The molecule has 3 aromatic rings. The summed E-state index contributed by atoms with van der Waals surface area (Å²) in [6, 6.07) is 14.4. The maximum Gasteiger partial charge on any atom is 0.137 e. The molecular weight excluding hydrogens is 321 g/mol. The molecule has 0 amide bonds.